The molecule has 0 saturated carbocycles. The van der Waals surface area contributed by atoms with Gasteiger partial charge in [-0.25, -0.2) is 4.79 Å². The van der Waals surface area contributed by atoms with Gasteiger partial charge in [-0.15, -0.1) is 0 Å². The lowest BCUT2D eigenvalue weighted by Crippen LogP contribution is -2.16. The second-order valence-electron chi connectivity index (χ2n) is 3.18. The molecule has 0 aliphatic rings. The molecule has 1 rings (SSSR count). The number of thioether (sulfide) groups is 1. The second-order valence-corrected chi connectivity index (χ2v) is 4.17. The van der Waals surface area contributed by atoms with E-state index in [9.17, 15) is 9.59 Å². The Morgan fingerprint density at radius 2 is 2.12 bits per heavy atom. The van der Waals surface area contributed by atoms with Crippen LogP contribution in [-0.2, 0) is 4.74 Å². The third-order valence-electron chi connectivity index (χ3n) is 1.79. The molecular weight excluding hydrogens is 226 g/mol. The number of hydrogen-bond acceptors (Lipinski definition) is 4. The average molecular weight is 238 g/mol. The van der Waals surface area contributed by atoms with E-state index in [1.807, 2.05) is 0 Å². The van der Waals surface area contributed by atoms with Crippen molar-refractivity contribution in [3.8, 4) is 0 Å². The summed E-state index contributed by atoms with van der Waals surface area (Å²) in [6.45, 7) is 0. The van der Waals surface area contributed by atoms with E-state index in [0.29, 0.717) is 10.5 Å². The Kier molecular flexibility index (Phi) is 4.37. The van der Waals surface area contributed by atoms with Crippen molar-refractivity contribution in [1.82, 2.24) is 4.90 Å². The molecule has 0 fully saturated rings. The highest BCUT2D eigenvalue weighted by atomic mass is 32.2. The SMILES string of the molecule is COC(=O)c1c[c]ccc1SC(=O)N(C)C. The third-order valence-corrected chi connectivity index (χ3v) is 2.91. The molecule has 16 heavy (non-hydrogen) atoms. The summed E-state index contributed by atoms with van der Waals surface area (Å²) in [6.07, 6.45) is 0. The summed E-state index contributed by atoms with van der Waals surface area (Å²) >= 11 is 0.988. The number of benzene rings is 1. The molecule has 5 heteroatoms. The second kappa shape index (κ2) is 5.55. The Labute approximate surface area is 98.6 Å². The van der Waals surface area contributed by atoms with E-state index < -0.39 is 5.97 Å². The molecule has 0 unspecified atom stereocenters. The number of nitrogens with zero attached hydrogens (tertiary/aromatic N) is 1. The van der Waals surface area contributed by atoms with Crippen molar-refractivity contribution >= 4 is 23.0 Å². The van der Waals surface area contributed by atoms with Crippen LogP contribution in [0.5, 0.6) is 0 Å². The number of ether oxygens (including phenoxy) is 1. The number of rotatable bonds is 2. The lowest BCUT2D eigenvalue weighted by atomic mass is 10.2. The maximum Gasteiger partial charge on any atom is 0.339 e. The van der Waals surface area contributed by atoms with Crippen LogP contribution in [0.3, 0.4) is 0 Å². The Hall–Kier alpha value is -1.49. The summed E-state index contributed by atoms with van der Waals surface area (Å²) in [5, 5.41) is -0.142. The lowest BCUT2D eigenvalue weighted by molar-refractivity contribution is 0.0597. The standard InChI is InChI=1S/C11H12NO3S/c1-12(2)11(14)16-9-7-5-4-6-8(9)10(13)15-3/h5-7H,1-3H3. The van der Waals surface area contributed by atoms with Crippen molar-refractivity contribution in [2.24, 2.45) is 0 Å². The van der Waals surface area contributed by atoms with E-state index in [1.165, 1.54) is 18.1 Å². The zero-order chi connectivity index (χ0) is 12.1. The van der Waals surface area contributed by atoms with Crippen molar-refractivity contribution < 1.29 is 14.3 Å². The number of hydrogen-bond donors (Lipinski definition) is 0. The topological polar surface area (TPSA) is 46.6 Å². The third kappa shape index (κ3) is 3.00. The molecule has 1 aromatic carbocycles. The molecule has 0 saturated heterocycles. The summed E-state index contributed by atoms with van der Waals surface area (Å²) < 4.78 is 4.62. The maximum absolute atomic E-state index is 11.5. The molecule has 1 radical (unpaired) electrons. The smallest absolute Gasteiger partial charge is 0.339 e. The summed E-state index contributed by atoms with van der Waals surface area (Å²) in [7, 11) is 4.61. The van der Waals surface area contributed by atoms with E-state index in [2.05, 4.69) is 10.8 Å². The van der Waals surface area contributed by atoms with Crippen LogP contribution in [-0.4, -0.2) is 37.3 Å². The quantitative estimate of drug-likeness (QED) is 0.584. The Balaban J connectivity index is 2.95. The number of amides is 1. The van der Waals surface area contributed by atoms with Crippen LogP contribution in [0.15, 0.2) is 23.1 Å². The fourth-order valence-electron chi connectivity index (χ4n) is 0.960. The van der Waals surface area contributed by atoms with Gasteiger partial charge in [0.1, 0.15) is 0 Å². The average Bonchev–Trinajstić information content (AvgIpc) is 2.28. The van der Waals surface area contributed by atoms with Crippen LogP contribution < -0.4 is 0 Å². The predicted octanol–water partition coefficient (Wildman–Crippen LogP) is 2.05. The van der Waals surface area contributed by atoms with Crippen molar-refractivity contribution in [1.29, 1.82) is 0 Å². The van der Waals surface area contributed by atoms with Crippen LogP contribution in [0.25, 0.3) is 0 Å². The highest BCUT2D eigenvalue weighted by Gasteiger charge is 2.15. The Morgan fingerprint density at radius 3 is 2.69 bits per heavy atom. The van der Waals surface area contributed by atoms with Gasteiger partial charge < -0.3 is 9.64 Å². The number of carbonyl (C=O) groups excluding carboxylic acids is 2. The first-order chi connectivity index (χ1) is 7.56. The van der Waals surface area contributed by atoms with E-state index in [0.717, 1.165) is 11.8 Å². The van der Waals surface area contributed by atoms with Crippen LogP contribution in [0.4, 0.5) is 4.79 Å². The van der Waals surface area contributed by atoms with Gasteiger partial charge in [-0.1, -0.05) is 6.07 Å². The monoisotopic (exact) mass is 238 g/mol. The minimum atomic E-state index is -0.467. The van der Waals surface area contributed by atoms with Crippen molar-refractivity contribution in [3.63, 3.8) is 0 Å². The van der Waals surface area contributed by atoms with Gasteiger partial charge in [0.05, 0.1) is 12.7 Å². The molecule has 0 N–H and O–H groups in total. The predicted molar refractivity (Wildman–Crippen MR) is 61.6 cm³/mol. The maximum atomic E-state index is 11.5. The van der Waals surface area contributed by atoms with Crippen molar-refractivity contribution in [2.75, 3.05) is 21.2 Å². The summed E-state index contributed by atoms with van der Waals surface area (Å²) in [5.74, 6) is -0.467. The van der Waals surface area contributed by atoms with Crippen molar-refractivity contribution in [2.45, 2.75) is 4.90 Å². The van der Waals surface area contributed by atoms with Gasteiger partial charge in [0.15, 0.2) is 0 Å². The zero-order valence-electron chi connectivity index (χ0n) is 9.31. The number of carbonyl (C=O) groups is 2. The lowest BCUT2D eigenvalue weighted by Gasteiger charge is -2.10. The highest BCUT2D eigenvalue weighted by Crippen LogP contribution is 2.24. The molecule has 0 aromatic heterocycles. The molecule has 4 nitrogen and oxygen atoms in total. The summed E-state index contributed by atoms with van der Waals surface area (Å²) in [5.41, 5.74) is 0.352. The van der Waals surface area contributed by atoms with Crippen LogP contribution in [0.2, 0.25) is 0 Å². The van der Waals surface area contributed by atoms with E-state index in [4.69, 9.17) is 0 Å². The van der Waals surface area contributed by atoms with Gasteiger partial charge in [-0.3, -0.25) is 4.79 Å². The Morgan fingerprint density at radius 1 is 1.44 bits per heavy atom. The van der Waals surface area contributed by atoms with Crippen LogP contribution >= 0.6 is 11.8 Å². The first kappa shape index (κ1) is 12.6. The van der Waals surface area contributed by atoms with Gasteiger partial charge >= 0.3 is 5.97 Å². The fraction of sp³-hybridized carbons (Fsp3) is 0.273. The molecule has 0 heterocycles. The van der Waals surface area contributed by atoms with Gasteiger partial charge in [0.2, 0.25) is 0 Å². The molecule has 1 aromatic rings. The van der Waals surface area contributed by atoms with Crippen LogP contribution in [0.1, 0.15) is 10.4 Å². The minimum Gasteiger partial charge on any atom is -0.465 e. The van der Waals surface area contributed by atoms with Crippen LogP contribution in [0, 0.1) is 6.07 Å². The van der Waals surface area contributed by atoms with Crippen molar-refractivity contribution in [3.05, 3.63) is 29.8 Å². The fourth-order valence-corrected chi connectivity index (χ4v) is 1.72. The molecule has 0 atom stereocenters. The molecule has 0 aliphatic heterocycles. The number of esters is 1. The Bertz CT molecular complexity index is 404. The normalized spacial score (nSPS) is 9.69. The van der Waals surface area contributed by atoms with Gasteiger partial charge in [-0.2, -0.15) is 0 Å². The summed E-state index contributed by atoms with van der Waals surface area (Å²) in [4.78, 5) is 24.9. The summed E-state index contributed by atoms with van der Waals surface area (Å²) in [6, 6.07) is 7.61. The number of methoxy groups -OCH3 is 1. The van der Waals surface area contributed by atoms with E-state index >= 15 is 0 Å². The van der Waals surface area contributed by atoms with Gasteiger partial charge in [-0.05, 0) is 30.0 Å². The minimum absolute atomic E-state index is 0.142. The highest BCUT2D eigenvalue weighted by molar-refractivity contribution is 8.13. The zero-order valence-corrected chi connectivity index (χ0v) is 10.1. The van der Waals surface area contributed by atoms with E-state index in [-0.39, 0.29) is 5.24 Å². The first-order valence-electron chi connectivity index (χ1n) is 4.53. The van der Waals surface area contributed by atoms with Gasteiger partial charge in [0, 0.05) is 19.0 Å². The molecule has 0 spiro atoms. The first-order valence-corrected chi connectivity index (χ1v) is 5.35. The molecule has 0 bridgehead atoms. The van der Waals surface area contributed by atoms with Gasteiger partial charge in [0.25, 0.3) is 5.24 Å². The van der Waals surface area contributed by atoms with E-state index in [1.54, 1.807) is 26.2 Å². The largest absolute Gasteiger partial charge is 0.465 e. The molecule has 1 amide bonds. The molecule has 85 valence electrons. The molecule has 0 aliphatic carbocycles. The molecular formula is C11H12NO3S.